The van der Waals surface area contributed by atoms with Gasteiger partial charge in [0, 0.05) is 26.4 Å². The molecule has 0 unspecified atom stereocenters. The monoisotopic (exact) mass is 607 g/mol. The van der Waals surface area contributed by atoms with Gasteiger partial charge in [-0.05, 0) is 47.5 Å². The number of ether oxygens (including phenoxy) is 2. The maximum atomic E-state index is 15.5. The number of hydrogen-bond donors (Lipinski definition) is 0. The number of carbonyl (C=O) groups is 1. The van der Waals surface area contributed by atoms with Gasteiger partial charge in [-0.3, -0.25) is 4.90 Å². The minimum absolute atomic E-state index is 0.0659. The van der Waals surface area contributed by atoms with Gasteiger partial charge in [-0.25, -0.2) is 37.1 Å². The molecular weight excluding hydrogens is 579 g/mol. The zero-order valence-electron chi connectivity index (χ0n) is 23.7. The van der Waals surface area contributed by atoms with Gasteiger partial charge in [0.15, 0.2) is 23.1 Å². The van der Waals surface area contributed by atoms with E-state index >= 15 is 4.39 Å². The lowest BCUT2D eigenvalue weighted by Crippen LogP contribution is -2.28. The van der Waals surface area contributed by atoms with Crippen LogP contribution in [-0.2, 0) is 16.2 Å². The van der Waals surface area contributed by atoms with Crippen molar-refractivity contribution in [3.8, 4) is 22.5 Å². The van der Waals surface area contributed by atoms with Crippen LogP contribution in [0.2, 0.25) is 25.7 Å². The molecule has 43 heavy (non-hydrogen) atoms. The largest absolute Gasteiger partial charge is 0.447 e. The SMILES string of the molecule is C[Si](C)(C)CCOCn1ncnc1-c1ccc(-c2cnn3ccc(N4C(=O)OC[C@H]4c4ccc(F)c(F)c4)nc23)cc1F. The van der Waals surface area contributed by atoms with Crippen LogP contribution in [-0.4, -0.2) is 56.7 Å². The van der Waals surface area contributed by atoms with E-state index in [9.17, 15) is 13.6 Å². The molecule has 4 heterocycles. The standard InChI is InChI=1S/C29H28F3N7O3Si/c1-43(2,3)11-10-41-17-38-27(33-16-35-38)20-6-4-18(12-23(20)31)21-14-34-37-9-8-26(36-28(21)37)39-25(15-42-29(39)40)19-5-7-22(30)24(32)13-19/h4-9,12-14,16,25H,10-11,15,17H2,1-3H3/t25-/m0/s1. The minimum atomic E-state index is -1.25. The Morgan fingerprint density at radius 2 is 1.84 bits per heavy atom. The first-order chi connectivity index (χ1) is 20.6. The van der Waals surface area contributed by atoms with E-state index in [4.69, 9.17) is 9.47 Å². The third-order valence-corrected chi connectivity index (χ3v) is 8.85. The summed E-state index contributed by atoms with van der Waals surface area (Å²) < 4.78 is 57.0. The topological polar surface area (TPSA) is 99.7 Å². The van der Waals surface area contributed by atoms with Gasteiger partial charge in [0.1, 0.15) is 37.3 Å². The van der Waals surface area contributed by atoms with Gasteiger partial charge < -0.3 is 9.47 Å². The summed E-state index contributed by atoms with van der Waals surface area (Å²) >= 11 is 0. The van der Waals surface area contributed by atoms with E-state index in [-0.39, 0.29) is 24.7 Å². The molecule has 0 N–H and O–H groups in total. The highest BCUT2D eigenvalue weighted by Crippen LogP contribution is 2.34. The van der Waals surface area contributed by atoms with Crippen molar-refractivity contribution in [2.24, 2.45) is 0 Å². The smallest absolute Gasteiger partial charge is 0.416 e. The lowest BCUT2D eigenvalue weighted by Gasteiger charge is -2.21. The number of fused-ring (bicyclic) bond motifs is 1. The lowest BCUT2D eigenvalue weighted by molar-refractivity contribution is 0.0796. The molecular formula is C29H28F3N7O3Si. The van der Waals surface area contributed by atoms with E-state index in [1.54, 1.807) is 30.6 Å². The molecule has 6 rings (SSSR count). The number of cyclic esters (lactones) is 1. The molecule has 1 fully saturated rings. The van der Waals surface area contributed by atoms with Crippen LogP contribution in [0.3, 0.4) is 0 Å². The minimum Gasteiger partial charge on any atom is -0.447 e. The first-order valence-electron chi connectivity index (χ1n) is 13.6. The molecule has 1 aliphatic rings. The van der Waals surface area contributed by atoms with Crippen LogP contribution in [0.1, 0.15) is 11.6 Å². The summed E-state index contributed by atoms with van der Waals surface area (Å²) in [5.41, 5.74) is 1.98. The predicted octanol–water partition coefficient (Wildman–Crippen LogP) is 6.08. The number of aromatic nitrogens is 6. The fraction of sp³-hybridized carbons (Fsp3) is 0.276. The van der Waals surface area contributed by atoms with Crippen LogP contribution in [0.5, 0.6) is 0 Å². The molecule has 0 saturated carbocycles. The second kappa shape index (κ2) is 11.3. The van der Waals surface area contributed by atoms with Crippen molar-refractivity contribution in [3.63, 3.8) is 0 Å². The molecule has 14 heteroatoms. The summed E-state index contributed by atoms with van der Waals surface area (Å²) in [6.07, 6.45) is 3.82. The molecule has 1 saturated heterocycles. The highest BCUT2D eigenvalue weighted by atomic mass is 28.3. The van der Waals surface area contributed by atoms with Gasteiger partial charge in [-0.15, -0.1) is 0 Å². The Hall–Kier alpha value is -4.56. The van der Waals surface area contributed by atoms with Crippen molar-refractivity contribution in [1.29, 1.82) is 0 Å². The van der Waals surface area contributed by atoms with Gasteiger partial charge in [-0.2, -0.15) is 10.2 Å². The van der Waals surface area contributed by atoms with Crippen LogP contribution in [0.4, 0.5) is 23.8 Å². The number of hydrogen-bond acceptors (Lipinski definition) is 7. The molecule has 0 spiro atoms. The second-order valence-electron chi connectivity index (χ2n) is 11.4. The van der Waals surface area contributed by atoms with E-state index in [0.29, 0.717) is 34.8 Å². The molecule has 2 aromatic carbocycles. The van der Waals surface area contributed by atoms with Crippen molar-refractivity contribution in [1.82, 2.24) is 29.4 Å². The van der Waals surface area contributed by atoms with E-state index in [2.05, 4.69) is 39.8 Å². The summed E-state index contributed by atoms with van der Waals surface area (Å²) in [5.74, 6) is -1.99. The van der Waals surface area contributed by atoms with Crippen LogP contribution >= 0.6 is 0 Å². The van der Waals surface area contributed by atoms with Gasteiger partial charge >= 0.3 is 6.09 Å². The Kier molecular flexibility index (Phi) is 7.48. The molecule has 1 atom stereocenters. The predicted molar refractivity (Wildman–Crippen MR) is 154 cm³/mol. The zero-order valence-corrected chi connectivity index (χ0v) is 24.7. The number of nitrogens with zero attached hydrogens (tertiary/aromatic N) is 7. The fourth-order valence-electron chi connectivity index (χ4n) is 4.80. The number of carbonyl (C=O) groups excluding carboxylic acids is 1. The Morgan fingerprint density at radius 3 is 2.60 bits per heavy atom. The van der Waals surface area contributed by atoms with E-state index in [1.165, 1.54) is 32.6 Å². The number of benzene rings is 2. The van der Waals surface area contributed by atoms with Crippen molar-refractivity contribution >= 4 is 25.6 Å². The summed E-state index contributed by atoms with van der Waals surface area (Å²) in [4.78, 5) is 22.8. The summed E-state index contributed by atoms with van der Waals surface area (Å²) in [5, 5.41) is 8.51. The zero-order chi connectivity index (χ0) is 30.3. The first-order valence-corrected chi connectivity index (χ1v) is 17.3. The van der Waals surface area contributed by atoms with Gasteiger partial charge in [-0.1, -0.05) is 31.8 Å². The number of rotatable bonds is 9. The highest BCUT2D eigenvalue weighted by molar-refractivity contribution is 6.76. The Labute approximate surface area is 245 Å². The molecule has 3 aromatic heterocycles. The molecule has 0 aliphatic carbocycles. The Bertz CT molecular complexity index is 1820. The maximum Gasteiger partial charge on any atom is 0.416 e. The Balaban J connectivity index is 1.28. The molecule has 222 valence electrons. The summed E-state index contributed by atoms with van der Waals surface area (Å²) in [6, 6.07) is 9.96. The first kappa shape index (κ1) is 28.6. The number of anilines is 1. The highest BCUT2D eigenvalue weighted by Gasteiger charge is 2.37. The summed E-state index contributed by atoms with van der Waals surface area (Å²) in [6.45, 7) is 7.48. The van der Waals surface area contributed by atoms with Gasteiger partial charge in [0.05, 0.1) is 11.8 Å². The fourth-order valence-corrected chi connectivity index (χ4v) is 5.55. The van der Waals surface area contributed by atoms with Crippen molar-refractivity contribution in [2.75, 3.05) is 18.1 Å². The van der Waals surface area contributed by atoms with Gasteiger partial charge in [0.2, 0.25) is 0 Å². The van der Waals surface area contributed by atoms with Crippen LogP contribution in [0, 0.1) is 17.5 Å². The average Bonchev–Trinajstić information content (AvgIpc) is 3.70. The van der Waals surface area contributed by atoms with E-state index in [1.807, 2.05) is 0 Å². The van der Waals surface area contributed by atoms with Crippen LogP contribution in [0.25, 0.3) is 28.2 Å². The molecule has 1 amide bonds. The van der Waals surface area contributed by atoms with Crippen LogP contribution in [0.15, 0.2) is 61.2 Å². The van der Waals surface area contributed by atoms with Crippen molar-refractivity contribution < 1.29 is 27.4 Å². The van der Waals surface area contributed by atoms with Crippen molar-refractivity contribution in [3.05, 3.63) is 84.2 Å². The van der Waals surface area contributed by atoms with Crippen LogP contribution < -0.4 is 4.90 Å². The Morgan fingerprint density at radius 1 is 1.00 bits per heavy atom. The third kappa shape index (κ3) is 5.75. The molecule has 10 nitrogen and oxygen atoms in total. The molecule has 0 bridgehead atoms. The number of halogens is 3. The normalized spacial score (nSPS) is 15.4. The maximum absolute atomic E-state index is 15.5. The van der Waals surface area contributed by atoms with Gasteiger partial charge in [0.25, 0.3) is 0 Å². The molecule has 5 aromatic rings. The summed E-state index contributed by atoms with van der Waals surface area (Å²) in [7, 11) is -1.25. The van der Waals surface area contributed by atoms with E-state index in [0.717, 1.165) is 18.2 Å². The van der Waals surface area contributed by atoms with Crippen molar-refractivity contribution in [2.45, 2.75) is 38.5 Å². The molecule has 1 aliphatic heterocycles. The second-order valence-corrected chi connectivity index (χ2v) is 17.0. The quantitative estimate of drug-likeness (QED) is 0.148. The molecule has 0 radical (unpaired) electrons. The third-order valence-electron chi connectivity index (χ3n) is 7.15. The average molecular weight is 608 g/mol. The lowest BCUT2D eigenvalue weighted by atomic mass is 10.1. The van der Waals surface area contributed by atoms with E-state index < -0.39 is 37.7 Å². The number of amides is 1.